The molecule has 1 heterocycles. The Balaban J connectivity index is 1.66. The van der Waals surface area contributed by atoms with Crippen LogP contribution in [0.25, 0.3) is 0 Å². The SMILES string of the molecule is S=C(Nc1ncn(Cc2c(Cl)cccc2Cl)n1)Nc1ccccc1Cl. The van der Waals surface area contributed by atoms with Crippen LogP contribution >= 0.6 is 47.0 Å². The van der Waals surface area contributed by atoms with Crippen LogP contribution in [-0.2, 0) is 6.54 Å². The van der Waals surface area contributed by atoms with E-state index in [-0.39, 0.29) is 0 Å². The van der Waals surface area contributed by atoms with Gasteiger partial charge in [-0.3, -0.25) is 5.32 Å². The molecule has 0 atom stereocenters. The number of aromatic nitrogens is 3. The quantitative estimate of drug-likeness (QED) is 0.584. The number of hydrogen-bond acceptors (Lipinski definition) is 3. The summed E-state index contributed by atoms with van der Waals surface area (Å²) in [6.45, 7) is 0.401. The fraction of sp³-hybridized carbons (Fsp3) is 0.0625. The molecule has 0 aliphatic heterocycles. The summed E-state index contributed by atoms with van der Waals surface area (Å²) < 4.78 is 1.62. The largest absolute Gasteiger partial charge is 0.331 e. The molecule has 3 rings (SSSR count). The van der Waals surface area contributed by atoms with Crippen molar-refractivity contribution in [1.82, 2.24) is 14.8 Å². The molecule has 0 aliphatic rings. The summed E-state index contributed by atoms with van der Waals surface area (Å²) in [5.74, 6) is 0.354. The summed E-state index contributed by atoms with van der Waals surface area (Å²) in [7, 11) is 0. The highest BCUT2D eigenvalue weighted by Crippen LogP contribution is 2.25. The summed E-state index contributed by atoms with van der Waals surface area (Å²) in [4.78, 5) is 4.17. The van der Waals surface area contributed by atoms with Crippen molar-refractivity contribution < 1.29 is 0 Å². The molecule has 0 unspecified atom stereocenters. The molecule has 2 N–H and O–H groups in total. The maximum Gasteiger partial charge on any atom is 0.248 e. The highest BCUT2D eigenvalue weighted by molar-refractivity contribution is 7.80. The lowest BCUT2D eigenvalue weighted by molar-refractivity contribution is 0.687. The molecule has 0 saturated carbocycles. The predicted octanol–water partition coefficient (Wildman–Crippen LogP) is 5.10. The average Bonchev–Trinajstić information content (AvgIpc) is 3.00. The van der Waals surface area contributed by atoms with Gasteiger partial charge >= 0.3 is 0 Å². The van der Waals surface area contributed by atoms with Crippen LogP contribution in [-0.4, -0.2) is 19.9 Å². The smallest absolute Gasteiger partial charge is 0.248 e. The van der Waals surface area contributed by atoms with Gasteiger partial charge in [0.2, 0.25) is 5.95 Å². The van der Waals surface area contributed by atoms with Gasteiger partial charge in [0, 0.05) is 15.6 Å². The number of para-hydroxylation sites is 1. The average molecular weight is 413 g/mol. The predicted molar refractivity (Wildman–Crippen MR) is 107 cm³/mol. The second-order valence-corrected chi connectivity index (χ2v) is 6.65. The van der Waals surface area contributed by atoms with Gasteiger partial charge in [0.25, 0.3) is 0 Å². The number of hydrogen-bond donors (Lipinski definition) is 2. The first-order valence-electron chi connectivity index (χ1n) is 7.18. The van der Waals surface area contributed by atoms with Crippen LogP contribution in [0.5, 0.6) is 0 Å². The van der Waals surface area contributed by atoms with E-state index in [2.05, 4.69) is 20.7 Å². The zero-order valence-corrected chi connectivity index (χ0v) is 15.8. The molecule has 0 amide bonds. The lowest BCUT2D eigenvalue weighted by Crippen LogP contribution is -2.20. The molecule has 1 aromatic heterocycles. The maximum absolute atomic E-state index is 6.17. The van der Waals surface area contributed by atoms with Gasteiger partial charge in [-0.05, 0) is 36.5 Å². The fourth-order valence-corrected chi connectivity index (χ4v) is 2.99. The van der Waals surface area contributed by atoms with E-state index in [1.54, 1.807) is 35.3 Å². The number of rotatable bonds is 4. The zero-order valence-electron chi connectivity index (χ0n) is 12.7. The molecular weight excluding hydrogens is 401 g/mol. The summed E-state index contributed by atoms with van der Waals surface area (Å²) >= 11 is 23.7. The number of halogens is 3. The summed E-state index contributed by atoms with van der Waals surface area (Å²) in [6.07, 6.45) is 1.57. The molecule has 3 aromatic rings. The van der Waals surface area contributed by atoms with Crippen LogP contribution in [0.1, 0.15) is 5.56 Å². The minimum atomic E-state index is 0.335. The molecule has 0 radical (unpaired) electrons. The number of benzene rings is 2. The van der Waals surface area contributed by atoms with Gasteiger partial charge in [-0.15, -0.1) is 5.10 Å². The second-order valence-electron chi connectivity index (χ2n) is 5.02. The lowest BCUT2D eigenvalue weighted by atomic mass is 10.2. The lowest BCUT2D eigenvalue weighted by Gasteiger charge is -2.09. The van der Waals surface area contributed by atoms with Crippen LogP contribution in [0.4, 0.5) is 11.6 Å². The maximum atomic E-state index is 6.17. The van der Waals surface area contributed by atoms with Crippen LogP contribution in [0.3, 0.4) is 0 Å². The third-order valence-electron chi connectivity index (χ3n) is 3.27. The number of nitrogens with zero attached hydrogens (tertiary/aromatic N) is 3. The van der Waals surface area contributed by atoms with Gasteiger partial charge in [-0.25, -0.2) is 9.67 Å². The Hall–Kier alpha value is -1.86. The normalized spacial score (nSPS) is 10.5. The fourth-order valence-electron chi connectivity index (χ4n) is 2.09. The van der Waals surface area contributed by atoms with Gasteiger partial charge < -0.3 is 5.32 Å². The topological polar surface area (TPSA) is 54.8 Å². The molecule has 2 aromatic carbocycles. The Labute approximate surface area is 164 Å². The van der Waals surface area contributed by atoms with E-state index in [0.29, 0.717) is 38.4 Å². The molecular formula is C16H12Cl3N5S. The molecule has 9 heteroatoms. The third-order valence-corrected chi connectivity index (χ3v) is 4.51. The Kier molecular flexibility index (Phi) is 5.75. The number of anilines is 2. The van der Waals surface area contributed by atoms with Crippen molar-refractivity contribution >= 4 is 63.8 Å². The van der Waals surface area contributed by atoms with E-state index in [4.69, 9.17) is 47.0 Å². The van der Waals surface area contributed by atoms with E-state index in [1.807, 2.05) is 18.2 Å². The first kappa shape index (κ1) is 17.9. The van der Waals surface area contributed by atoms with Crippen molar-refractivity contribution in [3.05, 3.63) is 69.4 Å². The number of thiocarbonyl (C=S) groups is 1. The Bertz CT molecular complexity index is 892. The van der Waals surface area contributed by atoms with Crippen molar-refractivity contribution in [1.29, 1.82) is 0 Å². The second kappa shape index (κ2) is 8.01. The Morgan fingerprint density at radius 2 is 1.64 bits per heavy atom. The van der Waals surface area contributed by atoms with Gasteiger partial charge in [0.15, 0.2) is 5.11 Å². The monoisotopic (exact) mass is 411 g/mol. The van der Waals surface area contributed by atoms with E-state index < -0.39 is 0 Å². The highest BCUT2D eigenvalue weighted by Gasteiger charge is 2.09. The van der Waals surface area contributed by atoms with E-state index in [9.17, 15) is 0 Å². The molecule has 0 spiro atoms. The first-order valence-corrected chi connectivity index (χ1v) is 8.72. The van der Waals surface area contributed by atoms with Crippen molar-refractivity contribution in [3.63, 3.8) is 0 Å². The van der Waals surface area contributed by atoms with E-state index in [1.165, 1.54) is 0 Å². The van der Waals surface area contributed by atoms with Crippen molar-refractivity contribution in [2.45, 2.75) is 6.54 Å². The standard InChI is InChI=1S/C16H12Cl3N5S/c17-11-5-3-6-12(18)10(11)8-24-9-20-15(23-24)22-16(25)21-14-7-2-1-4-13(14)19/h1-7,9H,8H2,(H2,21,22,23,25). The zero-order chi connectivity index (χ0) is 17.8. The van der Waals surface area contributed by atoms with Gasteiger partial charge in [-0.1, -0.05) is 53.0 Å². The molecule has 128 valence electrons. The summed E-state index contributed by atoms with van der Waals surface area (Å²) in [6, 6.07) is 12.6. The molecule has 0 saturated heterocycles. The summed E-state index contributed by atoms with van der Waals surface area (Å²) in [5.41, 5.74) is 1.48. The molecule has 0 aliphatic carbocycles. The van der Waals surface area contributed by atoms with Gasteiger partial charge in [0.05, 0.1) is 17.3 Å². The van der Waals surface area contributed by atoms with Crippen molar-refractivity contribution in [2.75, 3.05) is 10.6 Å². The minimum absolute atomic E-state index is 0.335. The molecule has 0 bridgehead atoms. The van der Waals surface area contributed by atoms with E-state index in [0.717, 1.165) is 5.56 Å². The molecule has 25 heavy (non-hydrogen) atoms. The third kappa shape index (κ3) is 4.61. The number of nitrogens with one attached hydrogen (secondary N) is 2. The minimum Gasteiger partial charge on any atom is -0.331 e. The summed E-state index contributed by atoms with van der Waals surface area (Å²) in [5, 5.41) is 12.3. The van der Waals surface area contributed by atoms with Crippen LogP contribution in [0.15, 0.2) is 48.8 Å². The molecule has 5 nitrogen and oxygen atoms in total. The van der Waals surface area contributed by atoms with Crippen molar-refractivity contribution in [3.8, 4) is 0 Å². The van der Waals surface area contributed by atoms with Crippen LogP contribution < -0.4 is 10.6 Å². The Morgan fingerprint density at radius 1 is 0.960 bits per heavy atom. The first-order chi connectivity index (χ1) is 12.0. The highest BCUT2D eigenvalue weighted by atomic mass is 35.5. The molecule has 0 fully saturated rings. The van der Waals surface area contributed by atoms with Crippen LogP contribution in [0, 0.1) is 0 Å². The van der Waals surface area contributed by atoms with Gasteiger partial charge in [-0.2, -0.15) is 0 Å². The van der Waals surface area contributed by atoms with E-state index >= 15 is 0 Å². The van der Waals surface area contributed by atoms with Crippen LogP contribution in [0.2, 0.25) is 15.1 Å². The Morgan fingerprint density at radius 3 is 2.36 bits per heavy atom. The van der Waals surface area contributed by atoms with Crippen molar-refractivity contribution in [2.24, 2.45) is 0 Å². The van der Waals surface area contributed by atoms with Gasteiger partial charge in [0.1, 0.15) is 6.33 Å².